The first-order valence-corrected chi connectivity index (χ1v) is 18.4. The van der Waals surface area contributed by atoms with Crippen LogP contribution in [-0.2, 0) is 54.8 Å². The molecule has 0 bridgehead atoms. The van der Waals surface area contributed by atoms with Crippen molar-refractivity contribution in [1.29, 1.82) is 15.8 Å². The maximum Gasteiger partial charge on any atom is 2.00 e. The molecular formula is C14H32N4P4Pt2S2+2. The monoisotopic (exact) mass is 834 g/mol. The van der Waals surface area contributed by atoms with E-state index in [-0.39, 0.29) is 73.8 Å². The van der Waals surface area contributed by atoms with Crippen molar-refractivity contribution in [2.45, 2.75) is 0 Å². The second kappa shape index (κ2) is 56.3. The first-order valence-electron chi connectivity index (χ1n) is 6.72. The standard InChI is InChI=1S/2C5H14P2.CHNS.CNS.2CN.2Pt/c2*1-6(2)5-7(3)4;2*2-1-3;2*1-2;;/h2*5H2,1-4H3;3H;;;;;/q;;;3*-1;;+2/p+3. The molecule has 0 aromatic rings. The molecule has 0 fully saturated rings. The largest absolute Gasteiger partial charge is 2.00 e. The molecule has 0 heterocycles. The van der Waals surface area contributed by atoms with Crippen LogP contribution < -0.4 is 0 Å². The van der Waals surface area contributed by atoms with E-state index in [9.17, 15) is 0 Å². The number of rotatable bonds is 4. The van der Waals surface area contributed by atoms with E-state index < -0.39 is 0 Å². The Hall–Kier alpha value is 1.59. The summed E-state index contributed by atoms with van der Waals surface area (Å²) in [6.45, 7) is 28.6. The third-order valence-electron chi connectivity index (χ3n) is 1.41. The second-order valence-electron chi connectivity index (χ2n) is 5.36. The summed E-state index contributed by atoms with van der Waals surface area (Å²) in [7, 11) is 0.444. The van der Waals surface area contributed by atoms with Gasteiger partial charge in [-0.05, 0) is 0 Å². The number of nitrogens with zero attached hydrogens (tertiary/aromatic N) is 4. The third-order valence-corrected chi connectivity index (χ3v) is 12.7. The molecule has 0 saturated carbocycles. The molecule has 0 aliphatic heterocycles. The Bertz CT molecular complexity index is 300. The fourth-order valence-corrected chi connectivity index (χ4v) is 12.7. The van der Waals surface area contributed by atoms with Gasteiger partial charge in [-0.3, -0.25) is 0 Å². The molecule has 0 aromatic carbocycles. The molecule has 0 aromatic heterocycles. The van der Waals surface area contributed by atoms with Crippen LogP contribution in [0.15, 0.2) is 0 Å². The minimum absolute atomic E-state index is 0. The molecule has 0 rings (SSSR count). The first kappa shape index (κ1) is 50.8. The number of nitriles is 1. The van der Waals surface area contributed by atoms with Gasteiger partial charge in [0.25, 0.3) is 0 Å². The molecule has 0 atom stereocenters. The van der Waals surface area contributed by atoms with E-state index in [1.807, 2.05) is 0 Å². The summed E-state index contributed by atoms with van der Waals surface area (Å²) in [5.41, 5.74) is 0. The minimum Gasteiger partial charge on any atom is -0.753 e. The number of thiocarbonyl (C=S) groups is 1. The summed E-state index contributed by atoms with van der Waals surface area (Å²) in [5.74, 6) is 3.13. The Morgan fingerprint density at radius 3 is 0.885 bits per heavy atom. The van der Waals surface area contributed by atoms with Crippen LogP contribution in [0.1, 0.15) is 0 Å². The van der Waals surface area contributed by atoms with Crippen LogP contribution >= 0.6 is 43.9 Å². The van der Waals surface area contributed by atoms with Crippen LogP contribution in [0, 0.1) is 34.3 Å². The van der Waals surface area contributed by atoms with Crippen molar-refractivity contribution in [2.24, 2.45) is 0 Å². The topological polar surface area (TPSA) is 93.7 Å². The van der Waals surface area contributed by atoms with Gasteiger partial charge in [0.05, 0.1) is 0 Å². The van der Waals surface area contributed by atoms with Crippen LogP contribution in [0.25, 0.3) is 5.41 Å². The van der Waals surface area contributed by atoms with Crippen LogP contribution in [-0.4, -0.2) is 70.3 Å². The molecule has 0 radical (unpaired) electrons. The Balaban J connectivity index is -0.0000000267. The first-order chi connectivity index (χ1) is 11.1. The van der Waals surface area contributed by atoms with Crippen molar-refractivity contribution >= 4 is 61.7 Å². The van der Waals surface area contributed by atoms with E-state index in [1.165, 1.54) is 10.6 Å². The van der Waals surface area contributed by atoms with Gasteiger partial charge in [-0.25, -0.2) is 5.26 Å². The summed E-state index contributed by atoms with van der Waals surface area (Å²) in [4.78, 5) is 0. The smallest absolute Gasteiger partial charge is 0.753 e. The SMILES string of the molecule is C[PH+](C)C[PH+](C)C.C[PH+](C)C[PH+](C)C.N#C[S-].[C-]#N.[C-]#N.[N-]=C=S.[Pt+2].[Pt]. The molecule has 0 aliphatic rings. The van der Waals surface area contributed by atoms with Crippen molar-refractivity contribution < 1.29 is 42.1 Å². The van der Waals surface area contributed by atoms with Gasteiger partial charge in [0.1, 0.15) is 0 Å². The van der Waals surface area contributed by atoms with E-state index in [2.05, 4.69) is 78.2 Å². The number of hydrogen-bond donors (Lipinski definition) is 0. The summed E-state index contributed by atoms with van der Waals surface area (Å²) in [5, 5.41) is 29.4. The van der Waals surface area contributed by atoms with E-state index in [0.29, 0.717) is 0 Å². The van der Waals surface area contributed by atoms with Crippen molar-refractivity contribution in [3.05, 3.63) is 18.6 Å². The number of isothiocyanates is 1. The Morgan fingerprint density at radius 1 is 0.808 bits per heavy atom. The molecule has 0 aliphatic carbocycles. The van der Waals surface area contributed by atoms with Gasteiger partial charge < -0.3 is 41.7 Å². The van der Waals surface area contributed by atoms with Gasteiger partial charge >= 0.3 is 21.1 Å². The van der Waals surface area contributed by atoms with Gasteiger partial charge in [0, 0.05) is 106 Å². The molecule has 12 heteroatoms. The molecule has 0 amide bonds. The van der Waals surface area contributed by atoms with E-state index in [1.54, 1.807) is 11.8 Å². The predicted octanol–water partition coefficient (Wildman–Crippen LogP) is 4.64. The van der Waals surface area contributed by atoms with Gasteiger partial charge in [0.15, 0.2) is 11.8 Å². The molecule has 0 saturated heterocycles. The zero-order chi connectivity index (χ0) is 21.1. The van der Waals surface area contributed by atoms with Crippen LogP contribution in [0.2, 0.25) is 0 Å². The molecular weight excluding hydrogens is 802 g/mol. The quantitative estimate of drug-likeness (QED) is 0.103. The van der Waals surface area contributed by atoms with Gasteiger partial charge in [-0.2, -0.15) is 5.16 Å². The molecule has 0 unspecified atom stereocenters. The van der Waals surface area contributed by atoms with Crippen molar-refractivity contribution in [3.8, 4) is 5.40 Å². The van der Waals surface area contributed by atoms with E-state index in [0.717, 1.165) is 0 Å². The fourth-order valence-electron chi connectivity index (χ4n) is 1.41. The number of thiocyanates is 1. The second-order valence-corrected chi connectivity index (χ2v) is 18.2. The Labute approximate surface area is 207 Å². The fraction of sp³-hybridized carbons (Fsp3) is 0.714. The summed E-state index contributed by atoms with van der Waals surface area (Å²) in [6, 6.07) is 0. The third kappa shape index (κ3) is 168. The normalized spacial score (nSPS) is 6.73. The summed E-state index contributed by atoms with van der Waals surface area (Å²) < 4.78 is 0. The van der Waals surface area contributed by atoms with E-state index >= 15 is 0 Å². The molecule has 158 valence electrons. The van der Waals surface area contributed by atoms with Crippen molar-refractivity contribution in [1.82, 2.24) is 0 Å². The molecule has 0 spiro atoms. The Morgan fingerprint density at radius 2 is 0.885 bits per heavy atom. The van der Waals surface area contributed by atoms with Gasteiger partial charge in [0.2, 0.25) is 0 Å². The summed E-state index contributed by atoms with van der Waals surface area (Å²) in [6.07, 6.45) is 0. The minimum atomic E-state index is 0. The number of hydrogen-bond acceptors (Lipinski definition) is 5. The molecule has 0 N–H and O–H groups in total. The molecule has 4 nitrogen and oxygen atoms in total. The zero-order valence-electron chi connectivity index (χ0n) is 16.7. The van der Waals surface area contributed by atoms with Crippen molar-refractivity contribution in [3.63, 3.8) is 0 Å². The van der Waals surface area contributed by atoms with Crippen LogP contribution in [0.3, 0.4) is 0 Å². The zero-order valence-corrected chi connectivity index (χ0v) is 26.8. The average Bonchev–Trinajstić information content (AvgIpc) is 2.42. The van der Waals surface area contributed by atoms with Crippen molar-refractivity contribution in [2.75, 3.05) is 65.1 Å². The van der Waals surface area contributed by atoms with Crippen LogP contribution in [0.4, 0.5) is 0 Å². The van der Waals surface area contributed by atoms with Crippen LogP contribution in [0.5, 0.6) is 0 Å². The van der Waals surface area contributed by atoms with Gasteiger partial charge in [-0.1, -0.05) is 17.6 Å². The maximum atomic E-state index is 7.13. The maximum absolute atomic E-state index is 7.13. The van der Waals surface area contributed by atoms with Gasteiger partial charge in [-0.15, -0.1) is 0 Å². The summed E-state index contributed by atoms with van der Waals surface area (Å²) >= 11 is 7.40. The predicted molar refractivity (Wildman–Crippen MR) is 129 cm³/mol. The average molecular weight is 835 g/mol. The van der Waals surface area contributed by atoms with E-state index in [4.69, 9.17) is 34.3 Å². The molecule has 26 heavy (non-hydrogen) atoms. The Kier molecular flexibility index (Phi) is 110.